The molecule has 0 radical (unpaired) electrons. The van der Waals surface area contributed by atoms with Crippen molar-refractivity contribution in [2.45, 2.75) is 0 Å². The van der Waals surface area contributed by atoms with Crippen molar-refractivity contribution in [2.24, 2.45) is 0 Å². The summed E-state index contributed by atoms with van der Waals surface area (Å²) in [5.74, 6) is -8.77. The van der Waals surface area contributed by atoms with Gasteiger partial charge in [0, 0.05) is 0 Å². The average molecular weight is 286 g/mol. The molecule has 0 aliphatic heterocycles. The molecular formula is C12H7BF4O3. The van der Waals surface area contributed by atoms with Gasteiger partial charge in [0.25, 0.3) is 0 Å². The van der Waals surface area contributed by atoms with Crippen LogP contribution in [0.4, 0.5) is 17.6 Å². The first kappa shape index (κ1) is 14.4. The van der Waals surface area contributed by atoms with Gasteiger partial charge in [-0.15, -0.1) is 0 Å². The molecule has 0 aliphatic rings. The van der Waals surface area contributed by atoms with Gasteiger partial charge >= 0.3 is 7.32 Å². The lowest BCUT2D eigenvalue weighted by Crippen LogP contribution is -2.22. The molecule has 0 heterocycles. The lowest BCUT2D eigenvalue weighted by Gasteiger charge is -2.14. The van der Waals surface area contributed by atoms with Crippen molar-refractivity contribution in [3.05, 3.63) is 53.6 Å². The molecule has 2 rings (SSSR count). The monoisotopic (exact) mass is 286 g/mol. The molecule has 0 unspecified atom stereocenters. The zero-order chi connectivity index (χ0) is 14.9. The van der Waals surface area contributed by atoms with Gasteiger partial charge in [-0.1, -0.05) is 30.3 Å². The summed E-state index contributed by atoms with van der Waals surface area (Å²) >= 11 is 0. The van der Waals surface area contributed by atoms with Gasteiger partial charge in [-0.05, 0) is 5.56 Å². The van der Waals surface area contributed by atoms with Crippen LogP contribution in [-0.2, 0) is 0 Å². The van der Waals surface area contributed by atoms with Crippen LogP contribution < -0.4 is 4.65 Å². The van der Waals surface area contributed by atoms with E-state index in [1.54, 1.807) is 6.07 Å². The molecular weight excluding hydrogens is 279 g/mol. The molecule has 0 spiro atoms. The fraction of sp³-hybridized carbons (Fsp3) is 0. The minimum absolute atomic E-state index is 0.0153. The molecule has 0 aromatic heterocycles. The molecule has 2 N–H and O–H groups in total. The van der Waals surface area contributed by atoms with E-state index in [0.29, 0.717) is 0 Å². The molecule has 0 saturated heterocycles. The third kappa shape index (κ3) is 2.47. The van der Waals surface area contributed by atoms with E-state index in [-0.39, 0.29) is 5.56 Å². The van der Waals surface area contributed by atoms with Crippen LogP contribution in [-0.4, -0.2) is 17.4 Å². The normalized spacial score (nSPS) is 10.5. The van der Waals surface area contributed by atoms with E-state index >= 15 is 0 Å². The van der Waals surface area contributed by atoms with E-state index in [1.807, 2.05) is 0 Å². The third-order valence-corrected chi connectivity index (χ3v) is 2.51. The van der Waals surface area contributed by atoms with Gasteiger partial charge in [0.05, 0.1) is 5.56 Å². The maximum atomic E-state index is 13.8. The minimum atomic E-state index is -2.52. The molecule has 8 heteroatoms. The van der Waals surface area contributed by atoms with Crippen LogP contribution in [0.5, 0.6) is 5.75 Å². The van der Waals surface area contributed by atoms with Gasteiger partial charge in [-0.3, -0.25) is 0 Å². The highest BCUT2D eigenvalue weighted by Gasteiger charge is 2.29. The highest BCUT2D eigenvalue weighted by atomic mass is 19.2. The Morgan fingerprint density at radius 2 is 1.35 bits per heavy atom. The van der Waals surface area contributed by atoms with Crippen molar-refractivity contribution in [1.82, 2.24) is 0 Å². The van der Waals surface area contributed by atoms with E-state index < -0.39 is 41.9 Å². The maximum Gasteiger partial charge on any atom is 0.707 e. The Hall–Kier alpha value is -2.06. The summed E-state index contributed by atoms with van der Waals surface area (Å²) in [6.45, 7) is 0. The summed E-state index contributed by atoms with van der Waals surface area (Å²) in [6, 6.07) is 7.07. The average Bonchev–Trinajstić information content (AvgIpc) is 2.43. The van der Waals surface area contributed by atoms with Gasteiger partial charge in [0.2, 0.25) is 11.6 Å². The van der Waals surface area contributed by atoms with Crippen LogP contribution in [0.2, 0.25) is 0 Å². The van der Waals surface area contributed by atoms with E-state index in [1.165, 1.54) is 24.3 Å². The standard InChI is InChI=1S/C12H7BF4O3/c14-8-7(6-4-2-1-3-5-6)12(20-13(18)19)11(17)10(16)9(8)15/h1-5,18-19H. The Bertz CT molecular complexity index is 635. The molecule has 20 heavy (non-hydrogen) atoms. The Morgan fingerprint density at radius 3 is 1.90 bits per heavy atom. The Kier molecular flexibility index (Phi) is 3.96. The second kappa shape index (κ2) is 5.52. The van der Waals surface area contributed by atoms with E-state index in [4.69, 9.17) is 10.0 Å². The SMILES string of the molecule is OB(O)Oc1c(F)c(F)c(F)c(F)c1-c1ccccc1. The molecule has 2 aromatic rings. The number of benzene rings is 2. The number of hydrogen-bond acceptors (Lipinski definition) is 3. The van der Waals surface area contributed by atoms with Crippen LogP contribution in [0, 0.1) is 23.3 Å². The van der Waals surface area contributed by atoms with Crippen molar-refractivity contribution < 1.29 is 32.3 Å². The largest absolute Gasteiger partial charge is 0.707 e. The molecule has 3 nitrogen and oxygen atoms in total. The zero-order valence-electron chi connectivity index (χ0n) is 9.78. The van der Waals surface area contributed by atoms with Crippen molar-refractivity contribution in [3.63, 3.8) is 0 Å². The van der Waals surface area contributed by atoms with Crippen molar-refractivity contribution in [1.29, 1.82) is 0 Å². The molecule has 0 amide bonds. The van der Waals surface area contributed by atoms with Gasteiger partial charge in [0.15, 0.2) is 17.4 Å². The first-order valence-corrected chi connectivity index (χ1v) is 5.37. The van der Waals surface area contributed by atoms with Crippen molar-refractivity contribution in [3.8, 4) is 16.9 Å². The van der Waals surface area contributed by atoms with Crippen molar-refractivity contribution >= 4 is 7.32 Å². The molecule has 0 saturated carbocycles. The third-order valence-electron chi connectivity index (χ3n) is 2.51. The summed E-state index contributed by atoms with van der Waals surface area (Å²) in [5, 5.41) is 17.4. The summed E-state index contributed by atoms with van der Waals surface area (Å²) in [6.07, 6.45) is 0. The number of hydrogen-bond donors (Lipinski definition) is 2. The Labute approximate surface area is 111 Å². The van der Waals surface area contributed by atoms with Crippen molar-refractivity contribution in [2.75, 3.05) is 0 Å². The highest BCUT2D eigenvalue weighted by Crippen LogP contribution is 2.38. The molecule has 0 bridgehead atoms. The fourth-order valence-electron chi connectivity index (χ4n) is 1.69. The minimum Gasteiger partial charge on any atom is -0.509 e. The predicted octanol–water partition coefficient (Wildman–Crippen LogP) is 2.26. The van der Waals surface area contributed by atoms with Crippen LogP contribution in [0.3, 0.4) is 0 Å². The van der Waals surface area contributed by atoms with Crippen LogP contribution in [0.1, 0.15) is 0 Å². The summed E-state index contributed by atoms with van der Waals surface area (Å²) in [5.41, 5.74) is -0.756. The fourth-order valence-corrected chi connectivity index (χ4v) is 1.69. The quantitative estimate of drug-likeness (QED) is 0.394. The maximum absolute atomic E-state index is 13.8. The van der Waals surface area contributed by atoms with Gasteiger partial charge in [-0.25, -0.2) is 13.2 Å². The topological polar surface area (TPSA) is 49.7 Å². The van der Waals surface area contributed by atoms with Gasteiger partial charge < -0.3 is 14.7 Å². The summed E-state index contributed by atoms with van der Waals surface area (Å²) in [7, 11) is -2.52. The summed E-state index contributed by atoms with van der Waals surface area (Å²) in [4.78, 5) is 0. The Morgan fingerprint density at radius 1 is 0.800 bits per heavy atom. The molecule has 0 fully saturated rings. The van der Waals surface area contributed by atoms with Gasteiger partial charge in [0.1, 0.15) is 0 Å². The van der Waals surface area contributed by atoms with Crippen LogP contribution in [0.25, 0.3) is 11.1 Å². The van der Waals surface area contributed by atoms with E-state index in [9.17, 15) is 17.6 Å². The predicted molar refractivity (Wildman–Crippen MR) is 62.5 cm³/mol. The first-order chi connectivity index (χ1) is 9.43. The van der Waals surface area contributed by atoms with Crippen LogP contribution in [0.15, 0.2) is 30.3 Å². The first-order valence-electron chi connectivity index (χ1n) is 5.37. The molecule has 0 atom stereocenters. The molecule has 2 aromatic carbocycles. The second-order valence-corrected chi connectivity index (χ2v) is 3.77. The van der Waals surface area contributed by atoms with E-state index in [2.05, 4.69) is 4.65 Å². The second-order valence-electron chi connectivity index (χ2n) is 3.77. The molecule has 0 aliphatic carbocycles. The summed E-state index contributed by atoms with van der Waals surface area (Å²) < 4.78 is 58.1. The molecule has 104 valence electrons. The Balaban J connectivity index is 2.77. The lowest BCUT2D eigenvalue weighted by atomic mass is 10.0. The van der Waals surface area contributed by atoms with Gasteiger partial charge in [-0.2, -0.15) is 4.39 Å². The van der Waals surface area contributed by atoms with Crippen LogP contribution >= 0.6 is 0 Å². The number of rotatable bonds is 3. The smallest absolute Gasteiger partial charge is 0.509 e. The number of halogens is 4. The zero-order valence-corrected chi connectivity index (χ0v) is 9.78. The lowest BCUT2D eigenvalue weighted by molar-refractivity contribution is 0.276. The highest BCUT2D eigenvalue weighted by molar-refractivity contribution is 6.34. The van der Waals surface area contributed by atoms with E-state index in [0.717, 1.165) is 0 Å².